The normalized spacial score (nSPS) is 11.3. The quantitative estimate of drug-likeness (QED) is 0.184. The Labute approximate surface area is 232 Å². The van der Waals surface area contributed by atoms with E-state index < -0.39 is 23.8 Å². The summed E-state index contributed by atoms with van der Waals surface area (Å²) < 4.78 is 54.9. The van der Waals surface area contributed by atoms with Crippen LogP contribution in [-0.4, -0.2) is 43.6 Å². The Bertz CT molecular complexity index is 1450. The number of pyridine rings is 1. The molecule has 0 aliphatic carbocycles. The Hall–Kier alpha value is -4.05. The smallest absolute Gasteiger partial charge is 0.406 e. The summed E-state index contributed by atoms with van der Waals surface area (Å²) in [5, 5.41) is 22.7. The van der Waals surface area contributed by atoms with Crippen molar-refractivity contribution in [3.05, 3.63) is 79.7 Å². The molecule has 4 rings (SSSR count). The number of amides is 2. The highest BCUT2D eigenvalue weighted by Crippen LogP contribution is 2.25. The molecule has 4 aromatic rings. The molecule has 40 heavy (non-hydrogen) atoms. The van der Waals surface area contributed by atoms with Gasteiger partial charge in [-0.05, 0) is 43.2 Å². The third-order valence-electron chi connectivity index (χ3n) is 5.20. The average Bonchev–Trinajstić information content (AvgIpc) is 3.60. The van der Waals surface area contributed by atoms with Crippen LogP contribution in [-0.2, 0) is 25.9 Å². The largest absolute Gasteiger partial charge is 0.573 e. The molecule has 0 atom stereocenters. The second-order valence-corrected chi connectivity index (χ2v) is 10.3. The van der Waals surface area contributed by atoms with Crippen molar-refractivity contribution in [2.45, 2.75) is 45.1 Å². The number of aryl methyl sites for hydroxylation is 2. The molecular formula is C24H21F4N7O3S2. The second-order valence-electron chi connectivity index (χ2n) is 8.20. The van der Waals surface area contributed by atoms with E-state index in [0.717, 1.165) is 46.7 Å². The van der Waals surface area contributed by atoms with Gasteiger partial charge in [0, 0.05) is 31.1 Å². The zero-order valence-corrected chi connectivity index (χ0v) is 22.2. The summed E-state index contributed by atoms with van der Waals surface area (Å²) in [5.74, 6) is -2.34. The van der Waals surface area contributed by atoms with Gasteiger partial charge in [-0.1, -0.05) is 28.7 Å². The van der Waals surface area contributed by atoms with E-state index in [2.05, 4.69) is 40.7 Å². The van der Waals surface area contributed by atoms with Crippen molar-refractivity contribution in [3.8, 4) is 5.75 Å². The SMILES string of the molecule is O=C(NCc1ccccn1)c1nnc(CCCCc2nnc(C(=O)NCc3cc(OC(F)(F)F)ccc3F)s2)s1. The first-order valence-electron chi connectivity index (χ1n) is 11.8. The summed E-state index contributed by atoms with van der Waals surface area (Å²) >= 11 is 2.28. The number of rotatable bonds is 12. The molecule has 3 heterocycles. The van der Waals surface area contributed by atoms with Gasteiger partial charge in [-0.3, -0.25) is 14.6 Å². The maximum atomic E-state index is 14.0. The van der Waals surface area contributed by atoms with E-state index in [1.165, 1.54) is 11.3 Å². The van der Waals surface area contributed by atoms with Gasteiger partial charge >= 0.3 is 6.36 Å². The third kappa shape index (κ3) is 8.74. The standard InChI is InChI=1S/C24H21F4N7O3S2/c25-17-9-8-16(38-24(26,27)28)11-14(17)12-30-20(36)22-34-32-18(39-22)6-1-2-7-19-33-35-23(40-19)21(37)31-13-15-5-3-4-10-29-15/h3-5,8-11H,1-2,6-7,12-13H2,(H,30,36)(H,31,37). The fraction of sp³-hybridized carbons (Fsp3) is 0.292. The van der Waals surface area contributed by atoms with Crippen LogP contribution in [0.25, 0.3) is 0 Å². The number of alkyl halides is 3. The first kappa shape index (κ1) is 28.9. The molecule has 2 N–H and O–H groups in total. The van der Waals surface area contributed by atoms with Crippen molar-refractivity contribution < 1.29 is 31.9 Å². The fourth-order valence-electron chi connectivity index (χ4n) is 3.33. The van der Waals surface area contributed by atoms with Crippen molar-refractivity contribution in [1.82, 2.24) is 36.0 Å². The summed E-state index contributed by atoms with van der Waals surface area (Å²) in [4.78, 5) is 28.8. The maximum Gasteiger partial charge on any atom is 0.573 e. The van der Waals surface area contributed by atoms with E-state index >= 15 is 0 Å². The van der Waals surface area contributed by atoms with Crippen molar-refractivity contribution in [1.29, 1.82) is 0 Å². The van der Waals surface area contributed by atoms with E-state index in [4.69, 9.17) is 0 Å². The van der Waals surface area contributed by atoms with Gasteiger partial charge in [0.2, 0.25) is 10.0 Å². The molecule has 0 bridgehead atoms. The van der Waals surface area contributed by atoms with Gasteiger partial charge in [-0.15, -0.1) is 33.6 Å². The van der Waals surface area contributed by atoms with Gasteiger partial charge in [0.25, 0.3) is 11.8 Å². The van der Waals surface area contributed by atoms with Gasteiger partial charge < -0.3 is 15.4 Å². The predicted molar refractivity (Wildman–Crippen MR) is 136 cm³/mol. The molecule has 0 radical (unpaired) electrons. The minimum Gasteiger partial charge on any atom is -0.406 e. The van der Waals surface area contributed by atoms with Gasteiger partial charge in [0.1, 0.15) is 21.6 Å². The number of unbranched alkanes of at least 4 members (excludes halogenated alkanes) is 1. The van der Waals surface area contributed by atoms with E-state index in [1.807, 2.05) is 6.07 Å². The Balaban J connectivity index is 1.18. The van der Waals surface area contributed by atoms with Crippen molar-refractivity contribution in [2.75, 3.05) is 0 Å². The number of ether oxygens (including phenoxy) is 1. The minimum atomic E-state index is -4.92. The molecular weight excluding hydrogens is 574 g/mol. The highest BCUT2D eigenvalue weighted by Gasteiger charge is 2.31. The first-order chi connectivity index (χ1) is 19.2. The maximum absolute atomic E-state index is 14.0. The van der Waals surface area contributed by atoms with Crippen LogP contribution < -0.4 is 15.4 Å². The van der Waals surface area contributed by atoms with Gasteiger partial charge in [0.05, 0.1) is 12.2 Å². The molecule has 0 spiro atoms. The predicted octanol–water partition coefficient (Wildman–Crippen LogP) is 4.25. The summed E-state index contributed by atoms with van der Waals surface area (Å²) in [6.07, 6.45) is -0.658. The van der Waals surface area contributed by atoms with Gasteiger partial charge in [-0.25, -0.2) is 4.39 Å². The molecule has 3 aromatic heterocycles. The zero-order valence-electron chi connectivity index (χ0n) is 20.6. The lowest BCUT2D eigenvalue weighted by molar-refractivity contribution is -0.274. The van der Waals surface area contributed by atoms with Crippen molar-refractivity contribution in [2.24, 2.45) is 0 Å². The summed E-state index contributed by atoms with van der Waals surface area (Å²) in [6.45, 7) is -0.0723. The fourth-order valence-corrected chi connectivity index (χ4v) is 4.92. The number of hydrogen-bond acceptors (Lipinski definition) is 10. The summed E-state index contributed by atoms with van der Waals surface area (Å²) in [7, 11) is 0. The monoisotopic (exact) mass is 595 g/mol. The zero-order chi connectivity index (χ0) is 28.5. The number of carbonyl (C=O) groups is 2. The van der Waals surface area contributed by atoms with Crippen LogP contribution in [0.15, 0.2) is 42.6 Å². The number of carbonyl (C=O) groups excluding carboxylic acids is 2. The Morgan fingerprint density at radius 2 is 1.48 bits per heavy atom. The average molecular weight is 596 g/mol. The van der Waals surface area contributed by atoms with Crippen LogP contribution in [0.5, 0.6) is 5.75 Å². The highest BCUT2D eigenvalue weighted by atomic mass is 32.1. The second kappa shape index (κ2) is 13.3. The third-order valence-corrected chi connectivity index (χ3v) is 7.16. The number of aromatic nitrogens is 5. The van der Waals surface area contributed by atoms with E-state index in [9.17, 15) is 27.2 Å². The minimum absolute atomic E-state index is 0.0450. The van der Waals surface area contributed by atoms with Crippen LogP contribution in [0, 0.1) is 5.82 Å². The van der Waals surface area contributed by atoms with Crippen LogP contribution in [0.3, 0.4) is 0 Å². The number of nitrogens with one attached hydrogen (secondary N) is 2. The summed E-state index contributed by atoms with van der Waals surface area (Å²) in [6, 6.07) is 7.97. The molecule has 0 unspecified atom stereocenters. The Morgan fingerprint density at radius 1 is 0.850 bits per heavy atom. The summed E-state index contributed by atoms with van der Waals surface area (Å²) in [5.41, 5.74) is 0.557. The first-order valence-corrected chi connectivity index (χ1v) is 13.4. The molecule has 0 fully saturated rings. The van der Waals surface area contributed by atoms with Crippen LogP contribution in [0.2, 0.25) is 0 Å². The van der Waals surface area contributed by atoms with Crippen LogP contribution >= 0.6 is 22.7 Å². The lowest BCUT2D eigenvalue weighted by Gasteiger charge is -2.11. The number of nitrogens with zero attached hydrogens (tertiary/aromatic N) is 5. The van der Waals surface area contributed by atoms with Crippen molar-refractivity contribution in [3.63, 3.8) is 0 Å². The molecule has 0 saturated heterocycles. The molecule has 0 aliphatic heterocycles. The highest BCUT2D eigenvalue weighted by molar-refractivity contribution is 7.13. The molecule has 0 saturated carbocycles. The van der Waals surface area contributed by atoms with E-state index in [0.29, 0.717) is 24.3 Å². The lowest BCUT2D eigenvalue weighted by Crippen LogP contribution is -2.23. The molecule has 1 aromatic carbocycles. The van der Waals surface area contributed by atoms with Gasteiger partial charge in [0.15, 0.2) is 0 Å². The topological polar surface area (TPSA) is 132 Å². The van der Waals surface area contributed by atoms with E-state index in [-0.39, 0.29) is 34.6 Å². The Morgan fingerprint density at radius 3 is 2.05 bits per heavy atom. The molecule has 0 aliphatic rings. The number of benzene rings is 1. The molecule has 16 heteroatoms. The Kier molecular flexibility index (Phi) is 9.65. The van der Waals surface area contributed by atoms with Crippen LogP contribution in [0.4, 0.5) is 17.6 Å². The van der Waals surface area contributed by atoms with Crippen LogP contribution in [0.1, 0.15) is 53.7 Å². The molecule has 10 nitrogen and oxygen atoms in total. The molecule has 2 amide bonds. The molecule has 210 valence electrons. The van der Waals surface area contributed by atoms with E-state index in [1.54, 1.807) is 18.3 Å². The van der Waals surface area contributed by atoms with Crippen molar-refractivity contribution >= 4 is 34.5 Å². The lowest BCUT2D eigenvalue weighted by atomic mass is 10.2. The van der Waals surface area contributed by atoms with Gasteiger partial charge in [-0.2, -0.15) is 0 Å². The number of halogens is 4. The number of hydrogen-bond donors (Lipinski definition) is 2.